The second-order valence-corrected chi connectivity index (χ2v) is 6.22. The highest BCUT2D eigenvalue weighted by Crippen LogP contribution is 2.22. The molecule has 1 aromatic rings. The summed E-state index contributed by atoms with van der Waals surface area (Å²) in [7, 11) is 2.29. The van der Waals surface area contributed by atoms with Crippen LogP contribution in [0.15, 0.2) is 17.5 Å². The van der Waals surface area contributed by atoms with E-state index in [2.05, 4.69) is 48.6 Å². The smallest absolute Gasteiger partial charge is 0.0260 e. The number of nitrogens with zero attached hydrogens (tertiary/aromatic N) is 1. The van der Waals surface area contributed by atoms with Crippen molar-refractivity contribution in [1.82, 2.24) is 10.2 Å². The summed E-state index contributed by atoms with van der Waals surface area (Å²) in [5.74, 6) is 0.825. The van der Waals surface area contributed by atoms with Crippen LogP contribution < -0.4 is 5.32 Å². The minimum absolute atomic E-state index is 0.632. The minimum atomic E-state index is 0.632. The van der Waals surface area contributed by atoms with Gasteiger partial charge >= 0.3 is 0 Å². The molecule has 0 amide bonds. The van der Waals surface area contributed by atoms with Crippen molar-refractivity contribution in [3.63, 3.8) is 0 Å². The fourth-order valence-corrected chi connectivity index (χ4v) is 3.63. The monoisotopic (exact) mass is 252 g/mol. The summed E-state index contributed by atoms with van der Waals surface area (Å²) in [5, 5.41) is 5.70. The third-order valence-corrected chi connectivity index (χ3v) is 5.02. The molecule has 0 aromatic carbocycles. The number of rotatable bonds is 5. The first kappa shape index (κ1) is 13.1. The van der Waals surface area contributed by atoms with Crippen molar-refractivity contribution in [3.8, 4) is 0 Å². The topological polar surface area (TPSA) is 15.3 Å². The van der Waals surface area contributed by atoms with Gasteiger partial charge in [0.25, 0.3) is 0 Å². The van der Waals surface area contributed by atoms with Crippen molar-refractivity contribution < 1.29 is 0 Å². The van der Waals surface area contributed by atoms with E-state index in [9.17, 15) is 0 Å². The summed E-state index contributed by atoms with van der Waals surface area (Å²) in [6, 6.07) is 5.75. The van der Waals surface area contributed by atoms with Crippen LogP contribution in [0.3, 0.4) is 0 Å². The molecular formula is C14H24N2S. The van der Waals surface area contributed by atoms with Crippen LogP contribution in [0.25, 0.3) is 0 Å². The molecule has 1 aromatic heterocycles. The molecule has 2 heterocycles. The van der Waals surface area contributed by atoms with E-state index in [1.165, 1.54) is 24.3 Å². The lowest BCUT2D eigenvalue weighted by molar-refractivity contribution is 0.158. The molecule has 0 bridgehead atoms. The molecule has 3 heteroatoms. The zero-order valence-electron chi connectivity index (χ0n) is 11.1. The summed E-state index contributed by atoms with van der Waals surface area (Å²) < 4.78 is 0. The van der Waals surface area contributed by atoms with E-state index < -0.39 is 0 Å². The van der Waals surface area contributed by atoms with Gasteiger partial charge < -0.3 is 5.32 Å². The Morgan fingerprint density at radius 3 is 3.00 bits per heavy atom. The van der Waals surface area contributed by atoms with Gasteiger partial charge in [-0.2, -0.15) is 0 Å². The van der Waals surface area contributed by atoms with E-state index in [-0.39, 0.29) is 0 Å². The molecule has 2 nitrogen and oxygen atoms in total. The lowest BCUT2D eigenvalue weighted by atomic mass is 9.98. The summed E-state index contributed by atoms with van der Waals surface area (Å²) in [6.07, 6.45) is 2.47. The first-order valence-corrected chi connectivity index (χ1v) is 7.55. The Balaban J connectivity index is 1.92. The normalized spacial score (nSPS) is 26.6. The largest absolute Gasteiger partial charge is 0.315 e. The highest BCUT2D eigenvalue weighted by atomic mass is 32.1. The second-order valence-electron chi connectivity index (χ2n) is 5.19. The molecule has 0 radical (unpaired) electrons. The number of hydrogen-bond donors (Lipinski definition) is 1. The Bertz CT molecular complexity index is 323. The van der Waals surface area contributed by atoms with E-state index in [1.54, 1.807) is 0 Å². The molecule has 1 aliphatic heterocycles. The van der Waals surface area contributed by atoms with Gasteiger partial charge in [0.2, 0.25) is 0 Å². The van der Waals surface area contributed by atoms with E-state index in [0.717, 1.165) is 18.5 Å². The van der Waals surface area contributed by atoms with Crippen molar-refractivity contribution >= 4 is 11.3 Å². The third-order valence-electron chi connectivity index (χ3n) is 4.12. The van der Waals surface area contributed by atoms with Crippen molar-refractivity contribution in [2.75, 3.05) is 20.1 Å². The summed E-state index contributed by atoms with van der Waals surface area (Å²) in [5.41, 5.74) is 0. The maximum atomic E-state index is 3.53. The van der Waals surface area contributed by atoms with Gasteiger partial charge in [0.05, 0.1) is 0 Å². The number of nitrogens with one attached hydrogen (secondary N) is 1. The van der Waals surface area contributed by atoms with Crippen molar-refractivity contribution in [2.45, 2.75) is 38.8 Å². The molecule has 3 unspecified atom stereocenters. The summed E-state index contributed by atoms with van der Waals surface area (Å²) in [4.78, 5) is 4.08. The molecule has 1 saturated heterocycles. The molecule has 0 aliphatic carbocycles. The maximum absolute atomic E-state index is 3.53. The van der Waals surface area contributed by atoms with Gasteiger partial charge in [-0.25, -0.2) is 0 Å². The average molecular weight is 252 g/mol. The van der Waals surface area contributed by atoms with Crippen LogP contribution in [0.1, 0.15) is 25.1 Å². The molecular weight excluding hydrogens is 228 g/mol. The average Bonchev–Trinajstić information content (AvgIpc) is 2.97. The van der Waals surface area contributed by atoms with Crippen LogP contribution in [-0.2, 0) is 6.42 Å². The van der Waals surface area contributed by atoms with Gasteiger partial charge in [-0.1, -0.05) is 19.4 Å². The number of thiophene rings is 1. The van der Waals surface area contributed by atoms with Gasteiger partial charge in [-0.15, -0.1) is 11.3 Å². The van der Waals surface area contributed by atoms with Gasteiger partial charge in [-0.3, -0.25) is 4.90 Å². The summed E-state index contributed by atoms with van der Waals surface area (Å²) in [6.45, 7) is 7.01. The lowest BCUT2D eigenvalue weighted by Gasteiger charge is -2.33. The van der Waals surface area contributed by atoms with Gasteiger partial charge in [-0.05, 0) is 44.3 Å². The van der Waals surface area contributed by atoms with Crippen LogP contribution in [-0.4, -0.2) is 37.1 Å². The second kappa shape index (κ2) is 5.98. The Morgan fingerprint density at radius 1 is 1.53 bits per heavy atom. The lowest BCUT2D eigenvalue weighted by Crippen LogP contribution is -2.44. The third kappa shape index (κ3) is 3.09. The fourth-order valence-electron chi connectivity index (χ4n) is 2.80. The molecule has 1 fully saturated rings. The Morgan fingerprint density at radius 2 is 2.35 bits per heavy atom. The molecule has 0 saturated carbocycles. The molecule has 0 spiro atoms. The Hall–Kier alpha value is -0.380. The van der Waals surface area contributed by atoms with E-state index in [4.69, 9.17) is 0 Å². The van der Waals surface area contributed by atoms with Gasteiger partial charge in [0, 0.05) is 23.5 Å². The predicted octanol–water partition coefficient (Wildman–Crippen LogP) is 2.61. The SMILES string of the molecule is CCC1CNCC1N(C)C(C)Cc1cccs1. The summed E-state index contributed by atoms with van der Waals surface area (Å²) >= 11 is 1.88. The predicted molar refractivity (Wildman–Crippen MR) is 75.7 cm³/mol. The fraction of sp³-hybridized carbons (Fsp3) is 0.714. The molecule has 1 aliphatic rings. The van der Waals surface area contributed by atoms with Gasteiger partial charge in [0.15, 0.2) is 0 Å². The van der Waals surface area contributed by atoms with Crippen molar-refractivity contribution in [2.24, 2.45) is 5.92 Å². The molecule has 96 valence electrons. The van der Waals surface area contributed by atoms with E-state index in [1.807, 2.05) is 11.3 Å². The molecule has 2 rings (SSSR count). The highest BCUT2D eigenvalue weighted by Gasteiger charge is 2.30. The van der Waals surface area contributed by atoms with Crippen molar-refractivity contribution in [1.29, 1.82) is 0 Å². The van der Waals surface area contributed by atoms with E-state index in [0.29, 0.717) is 6.04 Å². The first-order chi connectivity index (χ1) is 8.22. The maximum Gasteiger partial charge on any atom is 0.0260 e. The first-order valence-electron chi connectivity index (χ1n) is 6.67. The number of hydrogen-bond acceptors (Lipinski definition) is 3. The Labute approximate surface area is 109 Å². The minimum Gasteiger partial charge on any atom is -0.315 e. The van der Waals surface area contributed by atoms with Crippen LogP contribution in [0, 0.1) is 5.92 Å². The molecule has 3 atom stereocenters. The number of likely N-dealkylation sites (N-methyl/N-ethyl adjacent to an activating group) is 1. The van der Waals surface area contributed by atoms with Crippen molar-refractivity contribution in [3.05, 3.63) is 22.4 Å². The zero-order chi connectivity index (χ0) is 12.3. The molecule has 1 N–H and O–H groups in total. The zero-order valence-corrected chi connectivity index (χ0v) is 12.0. The van der Waals surface area contributed by atoms with Crippen LogP contribution >= 0.6 is 11.3 Å². The molecule has 17 heavy (non-hydrogen) atoms. The Kier molecular flexibility index (Phi) is 4.60. The quantitative estimate of drug-likeness (QED) is 0.866. The van der Waals surface area contributed by atoms with Gasteiger partial charge in [0.1, 0.15) is 0 Å². The highest BCUT2D eigenvalue weighted by molar-refractivity contribution is 7.09. The standard InChI is InChI=1S/C14H24N2S/c1-4-12-9-15-10-14(12)16(3)11(2)8-13-6-5-7-17-13/h5-7,11-12,14-15H,4,8-10H2,1-3H3. The van der Waals surface area contributed by atoms with Crippen LogP contribution in [0.5, 0.6) is 0 Å². The van der Waals surface area contributed by atoms with Crippen LogP contribution in [0.4, 0.5) is 0 Å². The van der Waals surface area contributed by atoms with Crippen LogP contribution in [0.2, 0.25) is 0 Å². The van der Waals surface area contributed by atoms with E-state index >= 15 is 0 Å².